The molecule has 0 atom stereocenters. The molecule has 0 heterocycles. The van der Waals surface area contributed by atoms with Crippen molar-refractivity contribution in [3.05, 3.63) is 29.3 Å². The first kappa shape index (κ1) is 15.3. The van der Waals surface area contributed by atoms with Gasteiger partial charge in [0, 0.05) is 0 Å². The van der Waals surface area contributed by atoms with Gasteiger partial charge in [-0.3, -0.25) is 0 Å². The van der Waals surface area contributed by atoms with Gasteiger partial charge in [-0.1, -0.05) is 38.7 Å². The zero-order chi connectivity index (χ0) is 14.5. The molecule has 0 spiro atoms. The molecule has 1 nitrogen and oxygen atoms in total. The van der Waals surface area contributed by atoms with Crippen molar-refractivity contribution in [2.75, 3.05) is 6.61 Å². The van der Waals surface area contributed by atoms with Gasteiger partial charge in [-0.25, -0.2) is 4.39 Å². The van der Waals surface area contributed by atoms with Crippen molar-refractivity contribution in [1.29, 1.82) is 0 Å². The van der Waals surface area contributed by atoms with Crippen molar-refractivity contribution in [1.82, 2.24) is 0 Å². The lowest BCUT2D eigenvalue weighted by atomic mass is 9.80. The van der Waals surface area contributed by atoms with Gasteiger partial charge in [0.15, 0.2) is 11.6 Å². The van der Waals surface area contributed by atoms with Gasteiger partial charge in [0.1, 0.15) is 0 Å². The zero-order valence-electron chi connectivity index (χ0n) is 12.4. The molecule has 1 aliphatic rings. The van der Waals surface area contributed by atoms with Crippen molar-refractivity contribution in [2.24, 2.45) is 11.8 Å². The van der Waals surface area contributed by atoms with Crippen LogP contribution in [0.2, 0.25) is 0 Å². The van der Waals surface area contributed by atoms with Gasteiger partial charge in [0.2, 0.25) is 5.82 Å². The molecular weight excluding hydrogens is 258 g/mol. The number of halogens is 2. The van der Waals surface area contributed by atoms with E-state index in [1.54, 1.807) is 19.1 Å². The van der Waals surface area contributed by atoms with E-state index >= 15 is 0 Å². The Bertz CT molecular complexity index is 437. The van der Waals surface area contributed by atoms with Crippen molar-refractivity contribution in [3.8, 4) is 5.75 Å². The highest BCUT2D eigenvalue weighted by Gasteiger charge is 2.20. The minimum atomic E-state index is -0.846. The Morgan fingerprint density at radius 1 is 1.10 bits per heavy atom. The van der Waals surface area contributed by atoms with Crippen LogP contribution in [-0.2, 0) is 6.42 Å². The van der Waals surface area contributed by atoms with Gasteiger partial charge in [0.25, 0.3) is 0 Å². The zero-order valence-corrected chi connectivity index (χ0v) is 12.4. The minimum absolute atomic E-state index is 0.0141. The van der Waals surface area contributed by atoms with E-state index in [1.807, 2.05) is 0 Å². The van der Waals surface area contributed by atoms with Crippen LogP contribution >= 0.6 is 0 Å². The molecule has 1 fully saturated rings. The first-order valence-electron chi connectivity index (χ1n) is 7.71. The Hall–Kier alpha value is -1.12. The Morgan fingerprint density at radius 2 is 1.80 bits per heavy atom. The summed E-state index contributed by atoms with van der Waals surface area (Å²) in [6.45, 7) is 4.39. The summed E-state index contributed by atoms with van der Waals surface area (Å²) in [6.07, 6.45) is 6.56. The minimum Gasteiger partial charge on any atom is -0.491 e. The third-order valence-corrected chi connectivity index (χ3v) is 4.38. The molecule has 1 aromatic carbocycles. The number of aryl methyl sites for hydroxylation is 1. The highest BCUT2D eigenvalue weighted by atomic mass is 19.2. The third-order valence-electron chi connectivity index (χ3n) is 4.38. The second-order valence-electron chi connectivity index (χ2n) is 5.95. The van der Waals surface area contributed by atoms with Crippen LogP contribution in [0.15, 0.2) is 12.1 Å². The van der Waals surface area contributed by atoms with E-state index in [0.29, 0.717) is 24.5 Å². The quantitative estimate of drug-likeness (QED) is 0.728. The molecule has 0 radical (unpaired) electrons. The lowest BCUT2D eigenvalue weighted by Crippen LogP contribution is -2.13. The predicted molar refractivity (Wildman–Crippen MR) is 77.0 cm³/mol. The van der Waals surface area contributed by atoms with E-state index in [0.717, 1.165) is 12.3 Å². The standard InChI is InChI=1S/C17H24F2O/c1-3-20-15-11-10-14(16(18)17(15)19)9-8-13-6-4-12(2)5-7-13/h10-13H,3-9H2,1-2H3. The first-order valence-corrected chi connectivity index (χ1v) is 7.71. The van der Waals surface area contributed by atoms with E-state index in [2.05, 4.69) is 6.92 Å². The van der Waals surface area contributed by atoms with E-state index in [1.165, 1.54) is 25.7 Å². The summed E-state index contributed by atoms with van der Waals surface area (Å²) < 4.78 is 32.8. The van der Waals surface area contributed by atoms with Crippen LogP contribution in [0.4, 0.5) is 8.78 Å². The highest BCUT2D eigenvalue weighted by molar-refractivity contribution is 5.31. The second-order valence-corrected chi connectivity index (χ2v) is 5.95. The van der Waals surface area contributed by atoms with Gasteiger partial charge in [-0.15, -0.1) is 0 Å². The fraction of sp³-hybridized carbons (Fsp3) is 0.647. The summed E-state index contributed by atoms with van der Waals surface area (Å²) in [5, 5.41) is 0. The van der Waals surface area contributed by atoms with Crippen molar-refractivity contribution < 1.29 is 13.5 Å². The summed E-state index contributed by atoms with van der Waals surface area (Å²) in [6, 6.07) is 3.20. The predicted octanol–water partition coefficient (Wildman–Crippen LogP) is 5.12. The molecule has 0 unspecified atom stereocenters. The van der Waals surface area contributed by atoms with Gasteiger partial charge in [0.05, 0.1) is 6.61 Å². The smallest absolute Gasteiger partial charge is 0.200 e. The summed E-state index contributed by atoms with van der Waals surface area (Å²) >= 11 is 0. The largest absolute Gasteiger partial charge is 0.491 e. The van der Waals surface area contributed by atoms with Crippen molar-refractivity contribution in [3.63, 3.8) is 0 Å². The van der Waals surface area contributed by atoms with Crippen LogP contribution in [0.25, 0.3) is 0 Å². The SMILES string of the molecule is CCOc1ccc(CCC2CCC(C)CC2)c(F)c1F. The van der Waals surface area contributed by atoms with Crippen molar-refractivity contribution >= 4 is 0 Å². The fourth-order valence-electron chi connectivity index (χ4n) is 3.01. The lowest BCUT2D eigenvalue weighted by molar-refractivity contribution is 0.276. The Balaban J connectivity index is 1.94. The number of hydrogen-bond donors (Lipinski definition) is 0. The molecule has 0 aliphatic heterocycles. The monoisotopic (exact) mass is 282 g/mol. The van der Waals surface area contributed by atoms with Crippen LogP contribution in [-0.4, -0.2) is 6.61 Å². The van der Waals surface area contributed by atoms with E-state index in [-0.39, 0.29) is 5.75 Å². The number of ether oxygens (including phenoxy) is 1. The summed E-state index contributed by atoms with van der Waals surface area (Å²) in [4.78, 5) is 0. The molecule has 0 bridgehead atoms. The Labute approximate surface area is 120 Å². The molecule has 2 rings (SSSR count). The summed E-state index contributed by atoms with van der Waals surface area (Å²) in [5.74, 6) is -0.0758. The molecule has 0 amide bonds. The maximum atomic E-state index is 13.9. The normalized spacial score (nSPS) is 22.8. The molecule has 1 aromatic rings. The molecule has 20 heavy (non-hydrogen) atoms. The first-order chi connectivity index (χ1) is 9.61. The third kappa shape index (κ3) is 3.71. The average Bonchev–Trinajstić information content (AvgIpc) is 2.45. The van der Waals surface area contributed by atoms with Crippen LogP contribution in [0, 0.1) is 23.5 Å². The number of hydrogen-bond acceptors (Lipinski definition) is 1. The van der Waals surface area contributed by atoms with Crippen LogP contribution in [0.5, 0.6) is 5.75 Å². The van der Waals surface area contributed by atoms with Crippen LogP contribution in [0.1, 0.15) is 51.5 Å². The molecule has 112 valence electrons. The maximum absolute atomic E-state index is 13.9. The van der Waals surface area contributed by atoms with Crippen molar-refractivity contribution in [2.45, 2.75) is 52.4 Å². The number of rotatable bonds is 5. The summed E-state index contributed by atoms with van der Waals surface area (Å²) in [7, 11) is 0. The van der Waals surface area contributed by atoms with Gasteiger partial charge in [-0.2, -0.15) is 4.39 Å². The molecule has 0 N–H and O–H groups in total. The number of benzene rings is 1. The van der Waals surface area contributed by atoms with Gasteiger partial charge >= 0.3 is 0 Å². The maximum Gasteiger partial charge on any atom is 0.200 e. The Kier molecular flexibility index (Phi) is 5.38. The average molecular weight is 282 g/mol. The van der Waals surface area contributed by atoms with Crippen LogP contribution < -0.4 is 4.74 Å². The summed E-state index contributed by atoms with van der Waals surface area (Å²) in [5.41, 5.74) is 0.476. The van der Waals surface area contributed by atoms with Crippen LogP contribution in [0.3, 0.4) is 0 Å². The molecular formula is C17H24F2O. The molecule has 1 saturated carbocycles. The second kappa shape index (κ2) is 7.05. The fourth-order valence-corrected chi connectivity index (χ4v) is 3.01. The Morgan fingerprint density at radius 3 is 2.45 bits per heavy atom. The van der Waals surface area contributed by atoms with Gasteiger partial charge in [-0.05, 0) is 43.2 Å². The van der Waals surface area contributed by atoms with E-state index in [4.69, 9.17) is 4.74 Å². The van der Waals surface area contributed by atoms with E-state index in [9.17, 15) is 8.78 Å². The van der Waals surface area contributed by atoms with Gasteiger partial charge < -0.3 is 4.74 Å². The van der Waals surface area contributed by atoms with E-state index < -0.39 is 11.6 Å². The molecule has 0 saturated heterocycles. The highest BCUT2D eigenvalue weighted by Crippen LogP contribution is 2.32. The topological polar surface area (TPSA) is 9.23 Å². The molecule has 0 aromatic heterocycles. The lowest BCUT2D eigenvalue weighted by Gasteiger charge is -2.26. The molecule has 3 heteroatoms. The molecule has 1 aliphatic carbocycles.